The summed E-state index contributed by atoms with van der Waals surface area (Å²) in [6.45, 7) is 0. The van der Waals surface area contributed by atoms with Crippen molar-refractivity contribution in [2.24, 2.45) is 0 Å². The van der Waals surface area contributed by atoms with Crippen LogP contribution in [0.25, 0.3) is 21.5 Å². The second-order valence-corrected chi connectivity index (χ2v) is 8.13. The van der Waals surface area contributed by atoms with Gasteiger partial charge in [-0.05, 0) is 69.5 Å². The minimum absolute atomic E-state index is 1.08. The Kier molecular flexibility index (Phi) is 5.31. The largest absolute Gasteiger partial charge is 0.0620 e. The predicted molar refractivity (Wildman–Crippen MR) is 129 cm³/mol. The highest BCUT2D eigenvalue weighted by molar-refractivity contribution is 5.83. The van der Waals surface area contributed by atoms with Crippen molar-refractivity contribution in [1.82, 2.24) is 0 Å². The van der Waals surface area contributed by atoms with Crippen molar-refractivity contribution >= 4 is 21.5 Å². The number of hydrogen-bond acceptors (Lipinski definition) is 0. The van der Waals surface area contributed by atoms with Crippen LogP contribution >= 0.6 is 0 Å². The van der Waals surface area contributed by atoms with E-state index in [1.54, 1.807) is 0 Å². The fourth-order valence-electron chi connectivity index (χ4n) is 4.39. The molecule has 0 aromatic heterocycles. The third kappa shape index (κ3) is 4.14. The van der Waals surface area contributed by atoms with E-state index in [0.717, 1.165) is 25.7 Å². The summed E-state index contributed by atoms with van der Waals surface area (Å²) in [5.74, 6) is 0. The van der Waals surface area contributed by atoms with Gasteiger partial charge in [0.1, 0.15) is 0 Å². The third-order valence-electron chi connectivity index (χ3n) is 6.11. The van der Waals surface area contributed by atoms with E-state index >= 15 is 0 Å². The third-order valence-corrected chi connectivity index (χ3v) is 6.11. The van der Waals surface area contributed by atoms with Gasteiger partial charge < -0.3 is 0 Å². The Morgan fingerprint density at radius 2 is 0.733 bits per heavy atom. The number of hydrogen-bond donors (Lipinski definition) is 0. The smallest absolute Gasteiger partial charge is 0.0181 e. The molecule has 0 spiro atoms. The second kappa shape index (κ2) is 8.55. The molecule has 0 radical (unpaired) electrons. The Labute approximate surface area is 178 Å². The van der Waals surface area contributed by atoms with Gasteiger partial charge in [-0.1, -0.05) is 109 Å². The number of fused-ring (bicyclic) bond motifs is 2. The molecule has 0 amide bonds. The molecule has 5 rings (SSSR count). The Morgan fingerprint density at radius 3 is 1.20 bits per heavy atom. The zero-order chi connectivity index (χ0) is 20.2. The monoisotopic (exact) mass is 386 g/mol. The van der Waals surface area contributed by atoms with E-state index in [1.165, 1.54) is 43.8 Å². The molecule has 0 bridgehead atoms. The highest BCUT2D eigenvalue weighted by atomic mass is 14.1. The molecule has 146 valence electrons. The first-order valence-electron chi connectivity index (χ1n) is 10.9. The van der Waals surface area contributed by atoms with Crippen LogP contribution in [-0.2, 0) is 25.7 Å². The molecule has 0 aliphatic heterocycles. The van der Waals surface area contributed by atoms with E-state index in [-0.39, 0.29) is 0 Å². The van der Waals surface area contributed by atoms with Crippen LogP contribution in [0.2, 0.25) is 0 Å². The summed E-state index contributed by atoms with van der Waals surface area (Å²) in [6, 6.07) is 39.9. The summed E-state index contributed by atoms with van der Waals surface area (Å²) in [5, 5.41) is 5.30. The van der Waals surface area contributed by atoms with Crippen molar-refractivity contribution in [2.45, 2.75) is 25.7 Å². The SMILES string of the molecule is c1ccc(CCc2ccc3ccccc3c2)c(CCc2ccc3ccccc3c2)c1. The van der Waals surface area contributed by atoms with Crippen molar-refractivity contribution in [3.05, 3.63) is 131 Å². The normalized spacial score (nSPS) is 11.2. The fourth-order valence-corrected chi connectivity index (χ4v) is 4.39. The molecule has 0 unspecified atom stereocenters. The quantitative estimate of drug-likeness (QED) is 0.282. The molecule has 5 aromatic carbocycles. The maximum atomic E-state index is 2.34. The summed E-state index contributed by atoms with van der Waals surface area (Å²) in [4.78, 5) is 0. The summed E-state index contributed by atoms with van der Waals surface area (Å²) in [5.41, 5.74) is 5.79. The summed E-state index contributed by atoms with van der Waals surface area (Å²) < 4.78 is 0. The molecular formula is C30H26. The van der Waals surface area contributed by atoms with Crippen molar-refractivity contribution in [1.29, 1.82) is 0 Å². The van der Waals surface area contributed by atoms with Gasteiger partial charge in [0.25, 0.3) is 0 Å². The molecule has 0 heterocycles. The molecule has 0 saturated carbocycles. The van der Waals surface area contributed by atoms with Crippen LogP contribution in [0.15, 0.2) is 109 Å². The lowest BCUT2D eigenvalue weighted by atomic mass is 9.94. The van der Waals surface area contributed by atoms with Gasteiger partial charge in [-0.3, -0.25) is 0 Å². The van der Waals surface area contributed by atoms with Crippen molar-refractivity contribution in [3.8, 4) is 0 Å². The average molecular weight is 387 g/mol. The van der Waals surface area contributed by atoms with E-state index in [4.69, 9.17) is 0 Å². The van der Waals surface area contributed by atoms with Gasteiger partial charge in [-0.15, -0.1) is 0 Å². The lowest BCUT2D eigenvalue weighted by Gasteiger charge is -2.11. The lowest BCUT2D eigenvalue weighted by Crippen LogP contribution is -1.99. The highest BCUT2D eigenvalue weighted by Crippen LogP contribution is 2.21. The lowest BCUT2D eigenvalue weighted by molar-refractivity contribution is 0.895. The van der Waals surface area contributed by atoms with Crippen LogP contribution < -0.4 is 0 Å². The minimum Gasteiger partial charge on any atom is -0.0620 e. The van der Waals surface area contributed by atoms with Crippen LogP contribution in [0.1, 0.15) is 22.3 Å². The van der Waals surface area contributed by atoms with Gasteiger partial charge in [-0.2, -0.15) is 0 Å². The van der Waals surface area contributed by atoms with Gasteiger partial charge in [0.15, 0.2) is 0 Å². The van der Waals surface area contributed by atoms with Gasteiger partial charge >= 0.3 is 0 Å². The van der Waals surface area contributed by atoms with E-state index in [1.807, 2.05) is 0 Å². The van der Waals surface area contributed by atoms with Crippen LogP contribution in [0.3, 0.4) is 0 Å². The van der Waals surface area contributed by atoms with Crippen LogP contribution in [0.4, 0.5) is 0 Å². The molecule has 0 aliphatic carbocycles. The van der Waals surface area contributed by atoms with E-state index in [9.17, 15) is 0 Å². The molecule has 30 heavy (non-hydrogen) atoms. The highest BCUT2D eigenvalue weighted by Gasteiger charge is 2.05. The summed E-state index contributed by atoms with van der Waals surface area (Å²) in [7, 11) is 0. The maximum absolute atomic E-state index is 2.34. The van der Waals surface area contributed by atoms with Crippen molar-refractivity contribution in [3.63, 3.8) is 0 Å². The Hall–Kier alpha value is -3.38. The first kappa shape index (κ1) is 18.6. The number of aryl methyl sites for hydroxylation is 4. The second-order valence-electron chi connectivity index (χ2n) is 8.13. The molecule has 5 aromatic rings. The molecule has 0 atom stereocenters. The van der Waals surface area contributed by atoms with Gasteiger partial charge in [0, 0.05) is 0 Å². The fraction of sp³-hybridized carbons (Fsp3) is 0.133. The molecule has 0 N–H and O–H groups in total. The van der Waals surface area contributed by atoms with E-state index in [0.29, 0.717) is 0 Å². The van der Waals surface area contributed by atoms with Crippen LogP contribution in [0, 0.1) is 0 Å². The maximum Gasteiger partial charge on any atom is -0.0181 e. The van der Waals surface area contributed by atoms with E-state index in [2.05, 4.69) is 109 Å². The zero-order valence-corrected chi connectivity index (χ0v) is 17.2. The molecular weight excluding hydrogens is 360 g/mol. The van der Waals surface area contributed by atoms with Gasteiger partial charge in [-0.25, -0.2) is 0 Å². The van der Waals surface area contributed by atoms with Crippen LogP contribution in [0.5, 0.6) is 0 Å². The summed E-state index contributed by atoms with van der Waals surface area (Å²) >= 11 is 0. The number of rotatable bonds is 6. The first-order valence-corrected chi connectivity index (χ1v) is 10.9. The minimum atomic E-state index is 1.08. The molecule has 0 heteroatoms. The van der Waals surface area contributed by atoms with E-state index < -0.39 is 0 Å². The Morgan fingerprint density at radius 1 is 0.333 bits per heavy atom. The summed E-state index contributed by atoms with van der Waals surface area (Å²) in [6.07, 6.45) is 4.34. The Balaban J connectivity index is 1.29. The topological polar surface area (TPSA) is 0 Å². The van der Waals surface area contributed by atoms with Crippen molar-refractivity contribution < 1.29 is 0 Å². The Bertz CT molecular complexity index is 1190. The first-order chi connectivity index (χ1) is 14.8. The molecule has 0 saturated heterocycles. The average Bonchev–Trinajstić information content (AvgIpc) is 2.81. The van der Waals surface area contributed by atoms with Gasteiger partial charge in [0.05, 0.1) is 0 Å². The van der Waals surface area contributed by atoms with Crippen molar-refractivity contribution in [2.75, 3.05) is 0 Å². The standard InChI is InChI=1S/C30H26/c1-2-8-26(18-14-24-16-20-28-10-4-6-12-30(28)22-24)25(7-1)17-13-23-15-19-27-9-3-5-11-29(27)21-23/h1-12,15-16,19-22H,13-14,17-18H2. The molecule has 0 aliphatic rings. The number of benzene rings is 5. The molecule has 0 fully saturated rings. The zero-order valence-electron chi connectivity index (χ0n) is 17.2. The van der Waals surface area contributed by atoms with Gasteiger partial charge in [0.2, 0.25) is 0 Å². The molecule has 0 nitrogen and oxygen atoms in total. The predicted octanol–water partition coefficient (Wildman–Crippen LogP) is 7.56. The van der Waals surface area contributed by atoms with Crippen LogP contribution in [-0.4, -0.2) is 0 Å².